The van der Waals surface area contributed by atoms with E-state index in [1.807, 2.05) is 13.8 Å². The molecule has 0 bridgehead atoms. The Balaban J connectivity index is 1.93. The molecule has 6 nitrogen and oxygen atoms in total. The molecule has 2 rings (SSSR count). The summed E-state index contributed by atoms with van der Waals surface area (Å²) in [4.78, 5) is 29.3. The number of aromatic nitrogens is 1. The van der Waals surface area contributed by atoms with Crippen LogP contribution in [0.3, 0.4) is 0 Å². The van der Waals surface area contributed by atoms with Gasteiger partial charge in [0, 0.05) is 18.3 Å². The van der Waals surface area contributed by atoms with E-state index in [0.717, 1.165) is 17.7 Å². The molecule has 1 aromatic carbocycles. The van der Waals surface area contributed by atoms with Crippen molar-refractivity contribution in [1.82, 2.24) is 15.6 Å². The molecule has 0 fully saturated rings. The van der Waals surface area contributed by atoms with Gasteiger partial charge in [0.05, 0.1) is 13.0 Å². The Bertz CT molecular complexity index is 994. The molecule has 36 heavy (non-hydrogen) atoms. The fraction of sp³-hybridized carbons (Fsp3) is 0.480. The zero-order valence-corrected chi connectivity index (χ0v) is 20.4. The summed E-state index contributed by atoms with van der Waals surface area (Å²) in [5.74, 6) is -2.46. The largest absolute Gasteiger partial charge is 0.401 e. The Kier molecular flexibility index (Phi) is 10.8. The first-order valence-corrected chi connectivity index (χ1v) is 11.7. The van der Waals surface area contributed by atoms with Crippen LogP contribution in [0.2, 0.25) is 0 Å². The van der Waals surface area contributed by atoms with Crippen LogP contribution in [0.4, 0.5) is 27.8 Å². The number of anilines is 1. The van der Waals surface area contributed by atoms with Crippen molar-refractivity contribution in [3.05, 3.63) is 59.3 Å². The molecule has 11 heteroatoms. The van der Waals surface area contributed by atoms with Crippen molar-refractivity contribution in [3.63, 3.8) is 0 Å². The predicted molar refractivity (Wildman–Crippen MR) is 126 cm³/mol. The number of carbonyl (C=O) groups is 2. The number of carbonyl (C=O) groups excluding carboxylic acids is 2. The lowest BCUT2D eigenvalue weighted by molar-refractivity contribution is -0.126. The molecule has 198 valence electrons. The van der Waals surface area contributed by atoms with Crippen molar-refractivity contribution in [2.24, 2.45) is 0 Å². The molecular weight excluding hydrogens is 483 g/mol. The van der Waals surface area contributed by atoms with E-state index in [1.54, 1.807) is 25.3 Å². The van der Waals surface area contributed by atoms with E-state index in [1.165, 1.54) is 0 Å². The third-order valence-electron chi connectivity index (χ3n) is 5.48. The fourth-order valence-electron chi connectivity index (χ4n) is 3.73. The second-order valence-electron chi connectivity index (χ2n) is 8.86. The summed E-state index contributed by atoms with van der Waals surface area (Å²) >= 11 is 0. The maximum atomic E-state index is 13.4. The van der Waals surface area contributed by atoms with Crippen molar-refractivity contribution in [2.45, 2.75) is 70.6 Å². The van der Waals surface area contributed by atoms with Crippen LogP contribution in [0.15, 0.2) is 36.5 Å². The first-order chi connectivity index (χ1) is 16.9. The lowest BCUT2D eigenvalue weighted by atomic mass is 9.96. The van der Waals surface area contributed by atoms with Gasteiger partial charge in [-0.3, -0.25) is 9.59 Å². The van der Waals surface area contributed by atoms with E-state index in [0.29, 0.717) is 25.3 Å². The number of hydrogen-bond donors (Lipinski definition) is 3. The number of nitrogens with zero attached hydrogens (tertiary/aromatic N) is 1. The number of pyridine rings is 1. The molecule has 0 saturated heterocycles. The molecule has 2 aromatic rings. The van der Waals surface area contributed by atoms with Crippen LogP contribution in [-0.2, 0) is 16.0 Å². The summed E-state index contributed by atoms with van der Waals surface area (Å²) in [6, 6.07) is 4.89. The second kappa shape index (κ2) is 13.3. The summed E-state index contributed by atoms with van der Waals surface area (Å²) in [6.45, 7) is 4.33. The highest BCUT2D eigenvalue weighted by molar-refractivity contribution is 5.96. The summed E-state index contributed by atoms with van der Waals surface area (Å²) in [6.07, 6.45) is -1.62. The molecule has 0 radical (unpaired) electrons. The average Bonchev–Trinajstić information content (AvgIpc) is 2.76. The Morgan fingerprint density at radius 1 is 1.06 bits per heavy atom. The third kappa shape index (κ3) is 10.3. The quantitative estimate of drug-likeness (QED) is 0.354. The normalized spacial score (nSPS) is 14.1. The van der Waals surface area contributed by atoms with E-state index >= 15 is 0 Å². The number of amides is 2. The molecule has 0 aliphatic heterocycles. The SMILES string of the molecule is CCC[C@H](NC(=O)Cc1cc(F)cc(F)c1)C(=O)Nc1ccc([C@@H](C)C[C@H](C)NCC(F)(F)F)cn1. The lowest BCUT2D eigenvalue weighted by Gasteiger charge is -2.20. The smallest absolute Gasteiger partial charge is 0.344 e. The van der Waals surface area contributed by atoms with Gasteiger partial charge in [-0.2, -0.15) is 13.2 Å². The summed E-state index contributed by atoms with van der Waals surface area (Å²) in [5.41, 5.74) is 0.948. The number of alkyl halides is 3. The molecule has 0 aliphatic rings. The van der Waals surface area contributed by atoms with E-state index < -0.39 is 42.2 Å². The van der Waals surface area contributed by atoms with Crippen LogP contribution >= 0.6 is 0 Å². The fourth-order valence-corrected chi connectivity index (χ4v) is 3.73. The van der Waals surface area contributed by atoms with E-state index in [-0.39, 0.29) is 29.8 Å². The van der Waals surface area contributed by atoms with Crippen LogP contribution in [0.25, 0.3) is 0 Å². The number of nitrogens with one attached hydrogen (secondary N) is 3. The van der Waals surface area contributed by atoms with Crippen LogP contribution < -0.4 is 16.0 Å². The van der Waals surface area contributed by atoms with E-state index in [4.69, 9.17) is 0 Å². The van der Waals surface area contributed by atoms with Crippen molar-refractivity contribution in [2.75, 3.05) is 11.9 Å². The Hall–Kier alpha value is -3.08. The van der Waals surface area contributed by atoms with Crippen LogP contribution in [0.5, 0.6) is 0 Å². The molecule has 1 heterocycles. The minimum absolute atomic E-state index is 0.0715. The molecular formula is C25H31F5N4O2. The van der Waals surface area contributed by atoms with Crippen molar-refractivity contribution >= 4 is 17.6 Å². The minimum Gasteiger partial charge on any atom is -0.344 e. The van der Waals surface area contributed by atoms with Crippen molar-refractivity contribution in [3.8, 4) is 0 Å². The van der Waals surface area contributed by atoms with Gasteiger partial charge in [-0.1, -0.05) is 26.3 Å². The zero-order valence-electron chi connectivity index (χ0n) is 20.4. The van der Waals surface area contributed by atoms with Gasteiger partial charge < -0.3 is 16.0 Å². The molecule has 0 spiro atoms. The summed E-state index contributed by atoms with van der Waals surface area (Å²) in [7, 11) is 0. The first-order valence-electron chi connectivity index (χ1n) is 11.7. The van der Waals surface area contributed by atoms with Gasteiger partial charge in [-0.25, -0.2) is 13.8 Å². The summed E-state index contributed by atoms with van der Waals surface area (Å²) < 4.78 is 63.8. The maximum Gasteiger partial charge on any atom is 0.401 e. The summed E-state index contributed by atoms with van der Waals surface area (Å²) in [5, 5.41) is 7.67. The number of hydrogen-bond acceptors (Lipinski definition) is 4. The third-order valence-corrected chi connectivity index (χ3v) is 5.48. The maximum absolute atomic E-state index is 13.4. The van der Waals surface area contributed by atoms with Crippen LogP contribution in [-0.4, -0.2) is 41.6 Å². The first kappa shape index (κ1) is 29.2. The molecule has 0 aliphatic carbocycles. The van der Waals surface area contributed by atoms with Gasteiger partial charge in [0.1, 0.15) is 23.5 Å². The zero-order chi connectivity index (χ0) is 26.9. The van der Waals surface area contributed by atoms with Gasteiger partial charge in [0.2, 0.25) is 11.8 Å². The topological polar surface area (TPSA) is 83.1 Å². The molecule has 3 atom stereocenters. The Labute approximate surface area is 207 Å². The Morgan fingerprint density at radius 3 is 2.28 bits per heavy atom. The second-order valence-corrected chi connectivity index (χ2v) is 8.86. The molecule has 3 N–H and O–H groups in total. The Morgan fingerprint density at radius 2 is 1.72 bits per heavy atom. The molecule has 0 unspecified atom stereocenters. The predicted octanol–water partition coefficient (Wildman–Crippen LogP) is 4.86. The molecule has 2 amide bonds. The number of halogens is 5. The van der Waals surface area contributed by atoms with Gasteiger partial charge in [0.15, 0.2) is 0 Å². The average molecular weight is 515 g/mol. The standard InChI is InChI=1S/C25H31F5N4O2/c1-4-5-21(33-23(35)11-17-9-19(26)12-20(27)10-17)24(36)34-22-7-6-18(13-31-22)15(2)8-16(3)32-14-25(28,29)30/h6-7,9-10,12-13,15-16,21,32H,4-5,8,11,14H2,1-3H3,(H,33,35)(H,31,34,36)/t15-,16-,21-/m0/s1. The van der Waals surface area contributed by atoms with Gasteiger partial charge in [0.25, 0.3) is 0 Å². The molecule has 1 aromatic heterocycles. The highest BCUT2D eigenvalue weighted by atomic mass is 19.4. The van der Waals surface area contributed by atoms with E-state index in [9.17, 15) is 31.5 Å². The van der Waals surface area contributed by atoms with Gasteiger partial charge in [-0.05, 0) is 55.0 Å². The lowest BCUT2D eigenvalue weighted by Crippen LogP contribution is -2.44. The number of benzene rings is 1. The van der Waals surface area contributed by atoms with Crippen molar-refractivity contribution < 1.29 is 31.5 Å². The van der Waals surface area contributed by atoms with Crippen LogP contribution in [0, 0.1) is 11.6 Å². The van der Waals surface area contributed by atoms with Crippen molar-refractivity contribution in [1.29, 1.82) is 0 Å². The highest BCUT2D eigenvalue weighted by Crippen LogP contribution is 2.22. The van der Waals surface area contributed by atoms with E-state index in [2.05, 4.69) is 20.9 Å². The van der Waals surface area contributed by atoms with Gasteiger partial charge in [-0.15, -0.1) is 0 Å². The molecule has 0 saturated carbocycles. The van der Waals surface area contributed by atoms with Crippen LogP contribution in [0.1, 0.15) is 57.1 Å². The highest BCUT2D eigenvalue weighted by Gasteiger charge is 2.27. The number of rotatable bonds is 12. The van der Waals surface area contributed by atoms with Gasteiger partial charge >= 0.3 is 6.18 Å². The monoisotopic (exact) mass is 514 g/mol. The minimum atomic E-state index is -4.27.